The van der Waals surface area contributed by atoms with Gasteiger partial charge in [0.1, 0.15) is 0 Å². The van der Waals surface area contributed by atoms with Gasteiger partial charge in [-0.2, -0.15) is 0 Å². The van der Waals surface area contributed by atoms with Gasteiger partial charge in [-0.1, -0.05) is 11.6 Å². The van der Waals surface area contributed by atoms with Crippen molar-refractivity contribution in [2.24, 2.45) is 0 Å². The second kappa shape index (κ2) is 3.03. The first-order chi connectivity index (χ1) is 5.11. The number of carbonyl (C=O) groups excluding carboxylic acids is 1. The Kier molecular flexibility index (Phi) is 2.27. The number of hydrogen-bond acceptors (Lipinski definition) is 1. The maximum absolute atomic E-state index is 10.8. The number of rotatable bonds is 1. The quantitative estimate of drug-likeness (QED) is 0.673. The second-order valence-electron chi connectivity index (χ2n) is 2.38. The lowest BCUT2D eigenvalue weighted by molar-refractivity contribution is -0.255. The van der Waals surface area contributed by atoms with Gasteiger partial charge in [0.25, 0.3) is 0 Å². The molecule has 0 aromatic heterocycles. The standard InChI is InChI=1S/C8H8ClNO/c1-5-4-6(9)2-3-7(5)8(10)11/h2-4H,1H3,(H2,10,11)/p+1. The van der Waals surface area contributed by atoms with Gasteiger partial charge >= 0.3 is 5.91 Å². The van der Waals surface area contributed by atoms with Crippen molar-refractivity contribution in [3.63, 3.8) is 0 Å². The van der Waals surface area contributed by atoms with Gasteiger partial charge in [-0.25, -0.2) is 4.79 Å². The molecule has 0 aliphatic heterocycles. The minimum absolute atomic E-state index is 0.167. The van der Waals surface area contributed by atoms with Crippen LogP contribution in [0.3, 0.4) is 0 Å². The van der Waals surface area contributed by atoms with E-state index in [0.717, 1.165) is 5.56 Å². The van der Waals surface area contributed by atoms with E-state index in [2.05, 4.69) is 5.73 Å². The summed E-state index contributed by atoms with van der Waals surface area (Å²) in [6.45, 7) is 1.84. The fourth-order valence-electron chi connectivity index (χ4n) is 0.940. The van der Waals surface area contributed by atoms with E-state index in [0.29, 0.717) is 10.6 Å². The molecule has 3 N–H and O–H groups in total. The molecule has 3 heteroatoms. The largest absolute Gasteiger partial charge is 0.341 e. The Balaban J connectivity index is 3.20. The molecule has 2 nitrogen and oxygen atoms in total. The number of carbonyl (C=O) groups is 1. The van der Waals surface area contributed by atoms with Crippen LogP contribution >= 0.6 is 11.6 Å². The SMILES string of the molecule is Cc1cc(Cl)ccc1C([NH3+])=O. The number of benzene rings is 1. The highest BCUT2D eigenvalue weighted by Gasteiger charge is 2.06. The van der Waals surface area contributed by atoms with Crippen molar-refractivity contribution in [1.29, 1.82) is 0 Å². The topological polar surface area (TPSA) is 44.7 Å². The summed E-state index contributed by atoms with van der Waals surface area (Å²) in [4.78, 5) is 10.8. The summed E-state index contributed by atoms with van der Waals surface area (Å²) in [5.74, 6) is -0.167. The average molecular weight is 171 g/mol. The summed E-state index contributed by atoms with van der Waals surface area (Å²) in [6.07, 6.45) is 0. The molecule has 0 radical (unpaired) electrons. The number of halogens is 1. The molecule has 0 atom stereocenters. The summed E-state index contributed by atoms with van der Waals surface area (Å²) < 4.78 is 0. The van der Waals surface area contributed by atoms with E-state index in [1.807, 2.05) is 6.92 Å². The highest BCUT2D eigenvalue weighted by molar-refractivity contribution is 6.30. The second-order valence-corrected chi connectivity index (χ2v) is 2.82. The van der Waals surface area contributed by atoms with Crippen molar-refractivity contribution in [1.82, 2.24) is 0 Å². The van der Waals surface area contributed by atoms with E-state index in [4.69, 9.17) is 11.6 Å². The van der Waals surface area contributed by atoms with E-state index in [1.54, 1.807) is 18.2 Å². The van der Waals surface area contributed by atoms with Crippen molar-refractivity contribution < 1.29 is 10.5 Å². The van der Waals surface area contributed by atoms with Crippen LogP contribution in [0.25, 0.3) is 0 Å². The Morgan fingerprint density at radius 2 is 2.18 bits per heavy atom. The fraction of sp³-hybridized carbons (Fsp3) is 0.125. The highest BCUT2D eigenvalue weighted by atomic mass is 35.5. The van der Waals surface area contributed by atoms with E-state index in [9.17, 15) is 4.79 Å². The van der Waals surface area contributed by atoms with Gasteiger partial charge in [-0.15, -0.1) is 0 Å². The van der Waals surface area contributed by atoms with Crippen LogP contribution < -0.4 is 5.73 Å². The van der Waals surface area contributed by atoms with Gasteiger partial charge in [0.05, 0.1) is 5.56 Å². The van der Waals surface area contributed by atoms with Crippen LogP contribution in [0.4, 0.5) is 0 Å². The minimum Gasteiger partial charge on any atom is -0.290 e. The summed E-state index contributed by atoms with van der Waals surface area (Å²) in [7, 11) is 0. The molecule has 0 aliphatic rings. The molecule has 11 heavy (non-hydrogen) atoms. The Morgan fingerprint density at radius 1 is 1.55 bits per heavy atom. The fourth-order valence-corrected chi connectivity index (χ4v) is 1.17. The third-order valence-corrected chi connectivity index (χ3v) is 1.72. The molecule has 0 spiro atoms. The normalized spacial score (nSPS) is 9.73. The molecule has 1 rings (SSSR count). The zero-order valence-electron chi connectivity index (χ0n) is 6.23. The third-order valence-electron chi connectivity index (χ3n) is 1.49. The lowest BCUT2D eigenvalue weighted by atomic mass is 10.1. The number of aryl methyl sites for hydroxylation is 1. The lowest BCUT2D eigenvalue weighted by Crippen LogP contribution is -2.57. The summed E-state index contributed by atoms with van der Waals surface area (Å²) >= 11 is 5.69. The molecule has 0 saturated carbocycles. The molecular weight excluding hydrogens is 162 g/mol. The molecule has 0 aliphatic carbocycles. The van der Waals surface area contributed by atoms with Crippen LogP contribution in [0.15, 0.2) is 18.2 Å². The zero-order valence-corrected chi connectivity index (χ0v) is 6.98. The van der Waals surface area contributed by atoms with Gasteiger partial charge in [0.15, 0.2) is 0 Å². The van der Waals surface area contributed by atoms with Crippen LogP contribution in [0.1, 0.15) is 15.9 Å². The van der Waals surface area contributed by atoms with Gasteiger partial charge in [0, 0.05) is 5.02 Å². The summed E-state index contributed by atoms with van der Waals surface area (Å²) in [5, 5.41) is 0.646. The predicted octanol–water partition coefficient (Wildman–Crippen LogP) is 1.03. The first-order valence-corrected chi connectivity index (χ1v) is 3.61. The van der Waals surface area contributed by atoms with Crippen molar-refractivity contribution >= 4 is 17.5 Å². The third kappa shape index (κ3) is 1.79. The number of hydrogen-bond donors (Lipinski definition) is 1. The number of quaternary nitrogens is 1. The molecule has 1 amide bonds. The van der Waals surface area contributed by atoms with Crippen molar-refractivity contribution in [3.05, 3.63) is 34.3 Å². The molecule has 0 unspecified atom stereocenters. The Bertz CT molecular complexity index is 296. The van der Waals surface area contributed by atoms with Crippen LogP contribution in [-0.4, -0.2) is 5.91 Å². The molecular formula is C8H9ClNO+. The average Bonchev–Trinajstić information content (AvgIpc) is 1.85. The molecule has 0 heterocycles. The van der Waals surface area contributed by atoms with Crippen LogP contribution in [0, 0.1) is 6.92 Å². The first kappa shape index (κ1) is 8.24. The predicted molar refractivity (Wildman–Crippen MR) is 43.4 cm³/mol. The van der Waals surface area contributed by atoms with Crippen molar-refractivity contribution in [2.75, 3.05) is 0 Å². The minimum atomic E-state index is -0.167. The van der Waals surface area contributed by atoms with Crippen molar-refractivity contribution in [3.8, 4) is 0 Å². The smallest absolute Gasteiger partial charge is 0.290 e. The number of amides is 1. The van der Waals surface area contributed by atoms with Crippen LogP contribution in [0.2, 0.25) is 5.02 Å². The van der Waals surface area contributed by atoms with E-state index in [1.165, 1.54) is 0 Å². The molecule has 58 valence electrons. The van der Waals surface area contributed by atoms with E-state index in [-0.39, 0.29) is 5.91 Å². The molecule has 1 aromatic rings. The summed E-state index contributed by atoms with van der Waals surface area (Å²) in [5.41, 5.74) is 4.82. The van der Waals surface area contributed by atoms with Crippen LogP contribution in [0.5, 0.6) is 0 Å². The van der Waals surface area contributed by atoms with Crippen molar-refractivity contribution in [2.45, 2.75) is 6.92 Å². The maximum Gasteiger partial charge on any atom is 0.341 e. The van der Waals surface area contributed by atoms with E-state index >= 15 is 0 Å². The van der Waals surface area contributed by atoms with Gasteiger partial charge in [-0.05, 0) is 30.7 Å². The Morgan fingerprint density at radius 3 is 2.64 bits per heavy atom. The highest BCUT2D eigenvalue weighted by Crippen LogP contribution is 2.13. The maximum atomic E-state index is 10.8. The first-order valence-electron chi connectivity index (χ1n) is 3.23. The molecule has 1 aromatic carbocycles. The van der Waals surface area contributed by atoms with Gasteiger partial charge in [0.2, 0.25) is 0 Å². The summed E-state index contributed by atoms with van der Waals surface area (Å²) in [6, 6.07) is 5.12. The lowest BCUT2D eigenvalue weighted by Gasteiger charge is -1.97. The van der Waals surface area contributed by atoms with Gasteiger partial charge < -0.3 is 0 Å². The van der Waals surface area contributed by atoms with E-state index < -0.39 is 0 Å². The monoisotopic (exact) mass is 170 g/mol. The zero-order chi connectivity index (χ0) is 8.43. The van der Waals surface area contributed by atoms with Crippen LogP contribution in [-0.2, 0) is 0 Å². The molecule has 0 fully saturated rings. The molecule has 0 saturated heterocycles. The van der Waals surface area contributed by atoms with Gasteiger partial charge in [-0.3, -0.25) is 5.73 Å². The molecule has 0 bridgehead atoms. The Hall–Kier alpha value is -0.860. The Labute approximate surface area is 70.0 Å².